The number of carboxylic acid groups (broad SMARTS) is 1. The summed E-state index contributed by atoms with van der Waals surface area (Å²) >= 11 is 2.86. The predicted octanol–water partition coefficient (Wildman–Crippen LogP) is 5.53. The number of thiophene rings is 2. The number of benzene rings is 1. The third kappa shape index (κ3) is 2.55. The van der Waals surface area contributed by atoms with Crippen LogP contribution in [0.15, 0.2) is 65.6 Å². The Labute approximate surface area is 146 Å². The van der Waals surface area contributed by atoms with Crippen molar-refractivity contribution in [1.82, 2.24) is 4.98 Å². The van der Waals surface area contributed by atoms with E-state index in [4.69, 9.17) is 0 Å². The van der Waals surface area contributed by atoms with E-state index in [2.05, 4.69) is 15.3 Å². The second kappa shape index (κ2) is 6.07. The molecule has 0 bridgehead atoms. The van der Waals surface area contributed by atoms with Crippen molar-refractivity contribution in [2.24, 2.45) is 0 Å². The Morgan fingerprint density at radius 1 is 1.08 bits per heavy atom. The van der Waals surface area contributed by atoms with E-state index in [0.29, 0.717) is 4.88 Å². The van der Waals surface area contributed by atoms with Crippen LogP contribution < -0.4 is 4.90 Å². The number of fused-ring (bicyclic) bond motifs is 1. The van der Waals surface area contributed by atoms with Gasteiger partial charge in [-0.05, 0) is 29.6 Å². The fourth-order valence-electron chi connectivity index (χ4n) is 2.62. The summed E-state index contributed by atoms with van der Waals surface area (Å²) in [6.07, 6.45) is 3.50. The van der Waals surface area contributed by atoms with Gasteiger partial charge in [0.1, 0.15) is 4.88 Å². The second-order valence-corrected chi connectivity index (χ2v) is 7.00. The van der Waals surface area contributed by atoms with Gasteiger partial charge < -0.3 is 10.0 Å². The molecule has 0 fully saturated rings. The summed E-state index contributed by atoms with van der Waals surface area (Å²) in [5.74, 6) is -0.913. The zero-order chi connectivity index (χ0) is 16.5. The van der Waals surface area contributed by atoms with E-state index in [1.807, 2.05) is 41.8 Å². The highest BCUT2D eigenvalue weighted by Gasteiger charge is 2.18. The van der Waals surface area contributed by atoms with Crippen molar-refractivity contribution in [2.45, 2.75) is 0 Å². The summed E-state index contributed by atoms with van der Waals surface area (Å²) < 4.78 is 0.862. The molecule has 0 unspecified atom stereocenters. The van der Waals surface area contributed by atoms with Crippen LogP contribution in [0.5, 0.6) is 0 Å². The maximum Gasteiger partial charge on any atom is 0.345 e. The van der Waals surface area contributed by atoms with Gasteiger partial charge in [-0.15, -0.1) is 11.3 Å². The molecule has 1 N–H and O–H groups in total. The Bertz CT molecular complexity index is 994. The number of carbonyl (C=O) groups is 1. The highest BCUT2D eigenvalue weighted by Crippen LogP contribution is 2.41. The number of pyridine rings is 1. The largest absolute Gasteiger partial charge is 0.477 e. The Hall–Kier alpha value is -2.70. The molecule has 0 aliphatic carbocycles. The lowest BCUT2D eigenvalue weighted by molar-refractivity contribution is 0.0702. The molecule has 24 heavy (non-hydrogen) atoms. The van der Waals surface area contributed by atoms with Crippen LogP contribution in [-0.4, -0.2) is 16.1 Å². The molecule has 6 heteroatoms. The lowest BCUT2D eigenvalue weighted by Gasteiger charge is -2.24. The molecular formula is C18H12N2O2S2. The number of carboxylic acids is 1. The molecule has 0 saturated carbocycles. The van der Waals surface area contributed by atoms with Crippen LogP contribution in [0.4, 0.5) is 17.1 Å². The topological polar surface area (TPSA) is 53.4 Å². The zero-order valence-corrected chi connectivity index (χ0v) is 14.1. The first-order valence-electron chi connectivity index (χ1n) is 7.22. The van der Waals surface area contributed by atoms with Gasteiger partial charge in [0.15, 0.2) is 0 Å². The Balaban J connectivity index is 1.96. The lowest BCUT2D eigenvalue weighted by atomic mass is 10.2. The van der Waals surface area contributed by atoms with Crippen LogP contribution in [0, 0.1) is 0 Å². The highest BCUT2D eigenvalue weighted by atomic mass is 32.1. The Morgan fingerprint density at radius 2 is 1.92 bits per heavy atom. The van der Waals surface area contributed by atoms with E-state index in [1.54, 1.807) is 29.8 Å². The fraction of sp³-hybridized carbons (Fsp3) is 0. The van der Waals surface area contributed by atoms with Gasteiger partial charge in [0.25, 0.3) is 0 Å². The van der Waals surface area contributed by atoms with E-state index < -0.39 is 5.97 Å². The predicted molar refractivity (Wildman–Crippen MR) is 99.1 cm³/mol. The third-order valence-electron chi connectivity index (χ3n) is 3.66. The summed E-state index contributed by atoms with van der Waals surface area (Å²) in [5, 5.41) is 14.3. The van der Waals surface area contributed by atoms with Gasteiger partial charge in [0.05, 0.1) is 22.3 Å². The fourth-order valence-corrected chi connectivity index (χ4v) is 4.13. The summed E-state index contributed by atoms with van der Waals surface area (Å²) in [5.41, 5.74) is 2.91. The molecule has 0 spiro atoms. The second-order valence-electron chi connectivity index (χ2n) is 5.14. The maximum atomic E-state index is 11.3. The molecule has 4 rings (SSSR count). The number of hydrogen-bond donors (Lipinski definition) is 1. The molecule has 0 atom stereocenters. The van der Waals surface area contributed by atoms with E-state index >= 15 is 0 Å². The quantitative estimate of drug-likeness (QED) is 0.525. The minimum Gasteiger partial charge on any atom is -0.477 e. The molecule has 1 aromatic carbocycles. The first kappa shape index (κ1) is 14.9. The maximum absolute atomic E-state index is 11.3. The summed E-state index contributed by atoms with van der Waals surface area (Å²) in [6.45, 7) is 0. The first-order chi connectivity index (χ1) is 11.7. The number of hydrogen-bond acceptors (Lipinski definition) is 5. The standard InChI is InChI=1S/C18H12N2O2S2/c21-18(22)16-8-14-15(9-19-10-17(14)24-16)20(13-6-7-23-11-13)12-4-2-1-3-5-12/h1-11H,(H,21,22). The number of rotatable bonds is 4. The van der Waals surface area contributed by atoms with Crippen molar-refractivity contribution < 1.29 is 9.90 Å². The minimum absolute atomic E-state index is 0.317. The minimum atomic E-state index is -0.913. The lowest BCUT2D eigenvalue weighted by Crippen LogP contribution is -2.09. The molecule has 0 amide bonds. The van der Waals surface area contributed by atoms with Crippen molar-refractivity contribution >= 4 is 55.8 Å². The molecule has 3 heterocycles. The molecule has 4 nitrogen and oxygen atoms in total. The van der Waals surface area contributed by atoms with Crippen molar-refractivity contribution in [1.29, 1.82) is 0 Å². The zero-order valence-electron chi connectivity index (χ0n) is 12.4. The van der Waals surface area contributed by atoms with Crippen molar-refractivity contribution in [3.8, 4) is 0 Å². The first-order valence-corrected chi connectivity index (χ1v) is 8.98. The normalized spacial score (nSPS) is 10.8. The van der Waals surface area contributed by atoms with Crippen molar-refractivity contribution in [3.05, 3.63) is 70.5 Å². The molecule has 3 aromatic heterocycles. The third-order valence-corrected chi connectivity index (χ3v) is 5.38. The molecule has 0 saturated heterocycles. The average Bonchev–Trinajstić information content (AvgIpc) is 3.26. The van der Waals surface area contributed by atoms with Crippen LogP contribution in [0.25, 0.3) is 10.1 Å². The van der Waals surface area contributed by atoms with Gasteiger partial charge in [-0.3, -0.25) is 4.98 Å². The average molecular weight is 352 g/mol. The van der Waals surface area contributed by atoms with Gasteiger partial charge in [-0.25, -0.2) is 4.79 Å². The summed E-state index contributed by atoms with van der Waals surface area (Å²) in [4.78, 5) is 18.1. The van der Waals surface area contributed by atoms with E-state index in [0.717, 1.165) is 27.1 Å². The van der Waals surface area contributed by atoms with Gasteiger partial charge in [-0.2, -0.15) is 11.3 Å². The summed E-state index contributed by atoms with van der Waals surface area (Å²) in [7, 11) is 0. The number of aromatic carboxylic acids is 1. The number of nitrogens with zero attached hydrogens (tertiary/aromatic N) is 2. The Morgan fingerprint density at radius 3 is 2.62 bits per heavy atom. The van der Waals surface area contributed by atoms with Crippen LogP contribution in [0.3, 0.4) is 0 Å². The molecule has 0 aliphatic rings. The number of anilines is 3. The monoisotopic (exact) mass is 352 g/mol. The van der Waals surface area contributed by atoms with Crippen LogP contribution in [0.2, 0.25) is 0 Å². The van der Waals surface area contributed by atoms with E-state index in [-0.39, 0.29) is 0 Å². The van der Waals surface area contributed by atoms with Crippen molar-refractivity contribution in [2.75, 3.05) is 4.90 Å². The van der Waals surface area contributed by atoms with Crippen LogP contribution in [0.1, 0.15) is 9.67 Å². The molecule has 0 radical (unpaired) electrons. The van der Waals surface area contributed by atoms with Gasteiger partial charge in [0.2, 0.25) is 0 Å². The van der Waals surface area contributed by atoms with Crippen molar-refractivity contribution in [3.63, 3.8) is 0 Å². The van der Waals surface area contributed by atoms with Gasteiger partial charge >= 0.3 is 5.97 Å². The van der Waals surface area contributed by atoms with E-state index in [1.165, 1.54) is 11.3 Å². The van der Waals surface area contributed by atoms with Crippen LogP contribution in [-0.2, 0) is 0 Å². The number of para-hydroxylation sites is 1. The molecule has 0 aliphatic heterocycles. The SMILES string of the molecule is O=C(O)c1cc2c(N(c3ccccc3)c3ccsc3)cncc2s1. The van der Waals surface area contributed by atoms with Gasteiger partial charge in [-0.1, -0.05) is 18.2 Å². The van der Waals surface area contributed by atoms with Crippen LogP contribution >= 0.6 is 22.7 Å². The van der Waals surface area contributed by atoms with Gasteiger partial charge in [0, 0.05) is 22.7 Å². The molecule has 118 valence electrons. The molecular weight excluding hydrogens is 340 g/mol. The number of aromatic nitrogens is 1. The van der Waals surface area contributed by atoms with E-state index in [9.17, 15) is 9.90 Å². The molecule has 4 aromatic rings. The Kier molecular flexibility index (Phi) is 3.76. The highest BCUT2D eigenvalue weighted by molar-refractivity contribution is 7.20. The smallest absolute Gasteiger partial charge is 0.345 e. The summed E-state index contributed by atoms with van der Waals surface area (Å²) in [6, 6.07) is 13.8.